The molecule has 1 heterocycles. The molecule has 4 rings (SSSR count). The van der Waals surface area contributed by atoms with Crippen molar-refractivity contribution in [2.75, 3.05) is 0 Å². The molecular formula is C19H17ClN2O. The van der Waals surface area contributed by atoms with E-state index in [1.165, 1.54) is 5.56 Å². The number of aromatic nitrogens is 2. The van der Waals surface area contributed by atoms with Crippen molar-refractivity contribution >= 4 is 11.6 Å². The summed E-state index contributed by atoms with van der Waals surface area (Å²) in [5.41, 5.74) is 2.32. The number of rotatable bonds is 5. The molecule has 1 aliphatic carbocycles. The normalized spacial score (nSPS) is 15.5. The molecule has 0 saturated heterocycles. The zero-order valence-corrected chi connectivity index (χ0v) is 13.5. The van der Waals surface area contributed by atoms with Crippen LogP contribution >= 0.6 is 11.6 Å². The monoisotopic (exact) mass is 324 g/mol. The molecule has 0 amide bonds. The molecule has 3 nitrogen and oxygen atoms in total. The smallest absolute Gasteiger partial charge is 0.233 e. The highest BCUT2D eigenvalue weighted by Gasteiger charge is 2.49. The predicted octanol–water partition coefficient (Wildman–Crippen LogP) is 4.59. The van der Waals surface area contributed by atoms with E-state index in [1.54, 1.807) is 0 Å². The van der Waals surface area contributed by atoms with Crippen molar-refractivity contribution < 1.29 is 4.52 Å². The first-order chi connectivity index (χ1) is 11.3. The molecule has 0 spiro atoms. The Kier molecular flexibility index (Phi) is 3.66. The van der Waals surface area contributed by atoms with Crippen LogP contribution in [0.15, 0.2) is 59.1 Å². The van der Waals surface area contributed by atoms with Crippen molar-refractivity contribution in [2.45, 2.75) is 31.1 Å². The third kappa shape index (κ3) is 3.02. The molecule has 1 aromatic heterocycles. The van der Waals surface area contributed by atoms with E-state index in [4.69, 9.17) is 16.1 Å². The lowest BCUT2D eigenvalue weighted by atomic mass is 9.96. The van der Waals surface area contributed by atoms with Crippen LogP contribution in [0, 0.1) is 0 Å². The van der Waals surface area contributed by atoms with Crippen LogP contribution in [0.2, 0.25) is 5.02 Å². The standard InChI is InChI=1S/C19H17ClN2O/c20-16-9-5-4-8-15(16)13-19(10-11-19)18-21-17(22-23-18)12-14-6-2-1-3-7-14/h1-9H,10-13H2. The Morgan fingerprint density at radius 2 is 1.74 bits per heavy atom. The van der Waals surface area contributed by atoms with Crippen LogP contribution in [0.25, 0.3) is 0 Å². The molecule has 0 radical (unpaired) electrons. The van der Waals surface area contributed by atoms with Gasteiger partial charge in [0.25, 0.3) is 0 Å². The highest BCUT2D eigenvalue weighted by Crippen LogP contribution is 2.50. The Balaban J connectivity index is 1.53. The summed E-state index contributed by atoms with van der Waals surface area (Å²) in [6.07, 6.45) is 3.71. The second-order valence-electron chi connectivity index (χ2n) is 6.23. The summed E-state index contributed by atoms with van der Waals surface area (Å²) in [5, 5.41) is 4.97. The van der Waals surface area contributed by atoms with E-state index < -0.39 is 0 Å². The predicted molar refractivity (Wildman–Crippen MR) is 89.6 cm³/mol. The highest BCUT2D eigenvalue weighted by molar-refractivity contribution is 6.31. The van der Waals surface area contributed by atoms with Gasteiger partial charge in [0.1, 0.15) is 0 Å². The molecule has 0 unspecified atom stereocenters. The molecule has 2 aromatic carbocycles. The maximum absolute atomic E-state index is 6.29. The summed E-state index contributed by atoms with van der Waals surface area (Å²) in [7, 11) is 0. The second kappa shape index (κ2) is 5.82. The Hall–Kier alpha value is -2.13. The van der Waals surface area contributed by atoms with Crippen molar-refractivity contribution in [3.05, 3.63) is 82.5 Å². The van der Waals surface area contributed by atoms with E-state index in [0.717, 1.165) is 41.6 Å². The van der Waals surface area contributed by atoms with Crippen molar-refractivity contribution in [3.63, 3.8) is 0 Å². The Morgan fingerprint density at radius 3 is 2.48 bits per heavy atom. The van der Waals surface area contributed by atoms with Crippen molar-refractivity contribution in [1.29, 1.82) is 0 Å². The van der Waals surface area contributed by atoms with Gasteiger partial charge in [0, 0.05) is 11.4 Å². The molecule has 1 fully saturated rings. The Labute approximate surface area is 140 Å². The lowest BCUT2D eigenvalue weighted by Gasteiger charge is -2.11. The average molecular weight is 325 g/mol. The van der Waals surface area contributed by atoms with E-state index in [0.29, 0.717) is 6.42 Å². The fourth-order valence-corrected chi connectivity index (χ4v) is 3.15. The number of nitrogens with zero attached hydrogens (tertiary/aromatic N) is 2. The Bertz CT molecular complexity index is 809. The van der Waals surface area contributed by atoms with Crippen LogP contribution in [0.1, 0.15) is 35.7 Å². The van der Waals surface area contributed by atoms with E-state index >= 15 is 0 Å². The van der Waals surface area contributed by atoms with Crippen molar-refractivity contribution in [3.8, 4) is 0 Å². The zero-order valence-electron chi connectivity index (χ0n) is 12.7. The summed E-state index contributed by atoms with van der Waals surface area (Å²) in [4.78, 5) is 4.64. The van der Waals surface area contributed by atoms with Gasteiger partial charge in [-0.25, -0.2) is 0 Å². The van der Waals surface area contributed by atoms with Crippen molar-refractivity contribution in [1.82, 2.24) is 10.1 Å². The molecule has 0 atom stereocenters. The van der Waals surface area contributed by atoms with Crippen LogP contribution < -0.4 is 0 Å². The van der Waals surface area contributed by atoms with E-state index in [2.05, 4.69) is 28.3 Å². The van der Waals surface area contributed by atoms with E-state index in [-0.39, 0.29) is 5.41 Å². The molecular weight excluding hydrogens is 308 g/mol. The molecule has 116 valence electrons. The van der Waals surface area contributed by atoms with Crippen LogP contribution in [-0.2, 0) is 18.3 Å². The lowest BCUT2D eigenvalue weighted by molar-refractivity contribution is 0.340. The number of hydrogen-bond donors (Lipinski definition) is 0. The molecule has 1 saturated carbocycles. The van der Waals surface area contributed by atoms with Gasteiger partial charge >= 0.3 is 0 Å². The quantitative estimate of drug-likeness (QED) is 0.689. The second-order valence-corrected chi connectivity index (χ2v) is 6.63. The highest BCUT2D eigenvalue weighted by atomic mass is 35.5. The fraction of sp³-hybridized carbons (Fsp3) is 0.263. The molecule has 0 aliphatic heterocycles. The maximum atomic E-state index is 6.29. The average Bonchev–Trinajstić information content (AvgIpc) is 3.20. The summed E-state index contributed by atoms with van der Waals surface area (Å²) in [6.45, 7) is 0. The van der Waals surface area contributed by atoms with Gasteiger partial charge in [-0.2, -0.15) is 4.98 Å². The molecule has 4 heteroatoms. The summed E-state index contributed by atoms with van der Waals surface area (Å²) >= 11 is 6.29. The zero-order chi connectivity index (χ0) is 15.7. The minimum atomic E-state index is -0.0209. The number of halogens is 1. The summed E-state index contributed by atoms with van der Waals surface area (Å²) < 4.78 is 5.57. The molecule has 0 bridgehead atoms. The van der Waals surface area contributed by atoms with Crippen molar-refractivity contribution in [2.24, 2.45) is 0 Å². The minimum Gasteiger partial charge on any atom is -0.339 e. The lowest BCUT2D eigenvalue weighted by Crippen LogP contribution is -2.11. The SMILES string of the molecule is Clc1ccccc1CC1(c2nc(Cc3ccccc3)no2)CC1. The van der Waals surface area contributed by atoms with Gasteiger partial charge < -0.3 is 4.52 Å². The van der Waals surface area contributed by atoms with Crippen LogP contribution in [-0.4, -0.2) is 10.1 Å². The Morgan fingerprint density at radius 1 is 1.00 bits per heavy atom. The van der Waals surface area contributed by atoms with Crippen LogP contribution in [0.5, 0.6) is 0 Å². The van der Waals surface area contributed by atoms with Gasteiger partial charge in [-0.05, 0) is 36.5 Å². The largest absolute Gasteiger partial charge is 0.339 e. The molecule has 1 aliphatic rings. The van der Waals surface area contributed by atoms with Gasteiger partial charge in [-0.1, -0.05) is 65.3 Å². The van der Waals surface area contributed by atoms with Gasteiger partial charge in [0.05, 0.1) is 5.41 Å². The fourth-order valence-electron chi connectivity index (χ4n) is 2.94. The van der Waals surface area contributed by atoms with Crippen LogP contribution in [0.4, 0.5) is 0 Å². The van der Waals surface area contributed by atoms with Gasteiger partial charge in [-0.15, -0.1) is 0 Å². The van der Waals surface area contributed by atoms with Gasteiger partial charge in [0.2, 0.25) is 5.89 Å². The summed E-state index contributed by atoms with van der Waals surface area (Å²) in [5.74, 6) is 1.50. The maximum Gasteiger partial charge on any atom is 0.233 e. The summed E-state index contributed by atoms with van der Waals surface area (Å²) in [6, 6.07) is 18.2. The van der Waals surface area contributed by atoms with Gasteiger partial charge in [0.15, 0.2) is 5.82 Å². The van der Waals surface area contributed by atoms with Gasteiger partial charge in [-0.3, -0.25) is 0 Å². The molecule has 3 aromatic rings. The first kappa shape index (κ1) is 14.5. The molecule has 23 heavy (non-hydrogen) atoms. The topological polar surface area (TPSA) is 38.9 Å². The number of benzene rings is 2. The van der Waals surface area contributed by atoms with Crippen LogP contribution in [0.3, 0.4) is 0 Å². The van der Waals surface area contributed by atoms with E-state index in [9.17, 15) is 0 Å². The third-order valence-corrected chi connectivity index (χ3v) is 4.84. The number of hydrogen-bond acceptors (Lipinski definition) is 3. The third-order valence-electron chi connectivity index (χ3n) is 4.47. The minimum absolute atomic E-state index is 0.0209. The van der Waals surface area contributed by atoms with E-state index in [1.807, 2.05) is 36.4 Å². The first-order valence-electron chi connectivity index (χ1n) is 7.86. The first-order valence-corrected chi connectivity index (χ1v) is 8.23. The molecule has 0 N–H and O–H groups in total.